The van der Waals surface area contributed by atoms with Crippen LogP contribution in [0, 0.1) is 5.82 Å². The Morgan fingerprint density at radius 1 is 1.04 bits per heavy atom. The number of hydrogen-bond donors (Lipinski definition) is 1. The average Bonchev–Trinajstić information content (AvgIpc) is 3.08. The molecule has 1 unspecified atom stereocenters. The Balaban J connectivity index is 1.91. The van der Waals surface area contributed by atoms with E-state index in [1.807, 2.05) is 30.3 Å². The Hall–Kier alpha value is -2.58. The highest BCUT2D eigenvalue weighted by atomic mass is 32.2. The van der Waals surface area contributed by atoms with E-state index in [4.69, 9.17) is 0 Å². The number of nitrogens with zero attached hydrogens (tertiary/aromatic N) is 3. The Bertz CT molecular complexity index is 899. The summed E-state index contributed by atoms with van der Waals surface area (Å²) in [5, 5.41) is 8.02. The largest absolute Gasteiger partial charge is 0.241 e. The Labute approximate surface area is 139 Å². The minimum atomic E-state index is -3.89. The predicted molar refractivity (Wildman–Crippen MR) is 85.9 cm³/mol. The SMILES string of the molecule is O=S(=O)(NC(Cn1nccn1)c1ccccc1)c1cccc(F)c1. The molecule has 6 nitrogen and oxygen atoms in total. The molecule has 0 aliphatic carbocycles. The highest BCUT2D eigenvalue weighted by Crippen LogP contribution is 2.19. The van der Waals surface area contributed by atoms with Crippen LogP contribution in [0.5, 0.6) is 0 Å². The van der Waals surface area contributed by atoms with Crippen LogP contribution < -0.4 is 4.72 Å². The van der Waals surface area contributed by atoms with Gasteiger partial charge in [0.05, 0.1) is 29.9 Å². The van der Waals surface area contributed by atoms with E-state index in [0.29, 0.717) is 0 Å². The van der Waals surface area contributed by atoms with Crippen molar-refractivity contribution in [1.29, 1.82) is 0 Å². The highest BCUT2D eigenvalue weighted by molar-refractivity contribution is 7.89. The standard InChI is InChI=1S/C16H15FN4O2S/c17-14-7-4-8-15(11-14)24(22,23)20-16(12-21-18-9-10-19-21)13-5-2-1-3-6-13/h1-11,16,20H,12H2. The van der Waals surface area contributed by atoms with Crippen LogP contribution in [-0.2, 0) is 16.6 Å². The number of benzene rings is 2. The molecule has 0 bridgehead atoms. The minimum absolute atomic E-state index is 0.128. The molecule has 1 heterocycles. The maximum absolute atomic E-state index is 13.3. The van der Waals surface area contributed by atoms with E-state index in [1.54, 1.807) is 0 Å². The van der Waals surface area contributed by atoms with Crippen molar-refractivity contribution in [2.24, 2.45) is 0 Å². The van der Waals surface area contributed by atoms with Gasteiger partial charge in [-0.3, -0.25) is 0 Å². The molecule has 0 aliphatic rings. The van der Waals surface area contributed by atoms with Gasteiger partial charge in [0, 0.05) is 0 Å². The van der Waals surface area contributed by atoms with E-state index in [1.165, 1.54) is 35.4 Å². The first kappa shape index (κ1) is 16.3. The molecule has 8 heteroatoms. The monoisotopic (exact) mass is 346 g/mol. The molecule has 3 rings (SSSR count). The zero-order valence-corrected chi connectivity index (χ0v) is 13.4. The van der Waals surface area contributed by atoms with Gasteiger partial charge in [0.1, 0.15) is 5.82 Å². The summed E-state index contributed by atoms with van der Waals surface area (Å²) >= 11 is 0. The summed E-state index contributed by atoms with van der Waals surface area (Å²) in [6, 6.07) is 13.4. The quantitative estimate of drug-likeness (QED) is 0.742. The van der Waals surface area contributed by atoms with Gasteiger partial charge in [0.25, 0.3) is 0 Å². The second-order valence-electron chi connectivity index (χ2n) is 5.13. The Morgan fingerprint density at radius 2 is 1.75 bits per heavy atom. The summed E-state index contributed by atoms with van der Waals surface area (Å²) in [4.78, 5) is 1.27. The second kappa shape index (κ2) is 6.90. The van der Waals surface area contributed by atoms with Crippen LogP contribution in [0.4, 0.5) is 4.39 Å². The molecule has 0 spiro atoms. The molecule has 3 aromatic rings. The van der Waals surface area contributed by atoms with Crippen molar-refractivity contribution in [3.8, 4) is 0 Å². The molecular weight excluding hydrogens is 331 g/mol. The fourth-order valence-electron chi connectivity index (χ4n) is 2.29. The van der Waals surface area contributed by atoms with Gasteiger partial charge in [-0.2, -0.15) is 15.0 Å². The molecule has 2 aromatic carbocycles. The normalized spacial score (nSPS) is 12.9. The van der Waals surface area contributed by atoms with Crippen LogP contribution in [0.25, 0.3) is 0 Å². The van der Waals surface area contributed by atoms with Crippen molar-refractivity contribution in [1.82, 2.24) is 19.7 Å². The third-order valence-electron chi connectivity index (χ3n) is 3.42. The zero-order chi connectivity index (χ0) is 17.0. The van der Waals surface area contributed by atoms with Crippen molar-refractivity contribution >= 4 is 10.0 Å². The first-order valence-corrected chi connectivity index (χ1v) is 8.70. The third kappa shape index (κ3) is 3.84. The van der Waals surface area contributed by atoms with Crippen LogP contribution in [0.15, 0.2) is 71.9 Å². The molecule has 0 saturated carbocycles. The van der Waals surface area contributed by atoms with Crippen LogP contribution in [0.1, 0.15) is 11.6 Å². The molecule has 0 fully saturated rings. The molecule has 0 saturated heterocycles. The number of halogens is 1. The first-order chi connectivity index (χ1) is 11.5. The molecule has 1 atom stereocenters. The van der Waals surface area contributed by atoms with E-state index in [-0.39, 0.29) is 11.4 Å². The van der Waals surface area contributed by atoms with Crippen molar-refractivity contribution < 1.29 is 12.8 Å². The third-order valence-corrected chi connectivity index (χ3v) is 4.89. The Kier molecular flexibility index (Phi) is 4.68. The van der Waals surface area contributed by atoms with E-state index in [0.717, 1.165) is 11.6 Å². The molecule has 1 N–H and O–H groups in total. The lowest BCUT2D eigenvalue weighted by Crippen LogP contribution is -2.32. The molecule has 1 aromatic heterocycles. The number of sulfonamides is 1. The smallest absolute Gasteiger partial charge is 0.207 e. The molecule has 24 heavy (non-hydrogen) atoms. The second-order valence-corrected chi connectivity index (χ2v) is 6.84. The summed E-state index contributed by atoms with van der Waals surface area (Å²) in [5.41, 5.74) is 0.759. The number of hydrogen-bond acceptors (Lipinski definition) is 4. The van der Waals surface area contributed by atoms with Gasteiger partial charge in [-0.1, -0.05) is 36.4 Å². The van der Waals surface area contributed by atoms with Gasteiger partial charge >= 0.3 is 0 Å². The predicted octanol–water partition coefficient (Wildman–Crippen LogP) is 2.14. The van der Waals surface area contributed by atoms with Crippen LogP contribution >= 0.6 is 0 Å². The van der Waals surface area contributed by atoms with Crippen LogP contribution in [0.3, 0.4) is 0 Å². The lowest BCUT2D eigenvalue weighted by molar-refractivity contribution is 0.444. The van der Waals surface area contributed by atoms with Gasteiger partial charge in [-0.15, -0.1) is 0 Å². The molecular formula is C16H15FN4O2S. The Morgan fingerprint density at radius 3 is 2.42 bits per heavy atom. The van der Waals surface area contributed by atoms with E-state index < -0.39 is 21.9 Å². The fourth-order valence-corrected chi connectivity index (χ4v) is 3.53. The van der Waals surface area contributed by atoms with Crippen LogP contribution in [0.2, 0.25) is 0 Å². The zero-order valence-electron chi connectivity index (χ0n) is 12.6. The minimum Gasteiger partial charge on any atom is -0.207 e. The van der Waals surface area contributed by atoms with Crippen molar-refractivity contribution in [2.45, 2.75) is 17.5 Å². The van der Waals surface area contributed by atoms with Crippen molar-refractivity contribution in [3.63, 3.8) is 0 Å². The van der Waals surface area contributed by atoms with Gasteiger partial charge in [-0.25, -0.2) is 17.5 Å². The first-order valence-electron chi connectivity index (χ1n) is 7.21. The maximum Gasteiger partial charge on any atom is 0.241 e. The highest BCUT2D eigenvalue weighted by Gasteiger charge is 2.22. The van der Waals surface area contributed by atoms with Gasteiger partial charge in [0.2, 0.25) is 10.0 Å². The van der Waals surface area contributed by atoms with Crippen molar-refractivity contribution in [3.05, 3.63) is 78.4 Å². The fraction of sp³-hybridized carbons (Fsp3) is 0.125. The number of rotatable bonds is 6. The molecule has 0 aliphatic heterocycles. The summed E-state index contributed by atoms with van der Waals surface area (Å²) in [6.45, 7) is 0.214. The summed E-state index contributed by atoms with van der Waals surface area (Å²) in [5.74, 6) is -0.608. The lowest BCUT2D eigenvalue weighted by atomic mass is 10.1. The van der Waals surface area contributed by atoms with Crippen molar-refractivity contribution in [2.75, 3.05) is 0 Å². The topological polar surface area (TPSA) is 76.9 Å². The van der Waals surface area contributed by atoms with Gasteiger partial charge in [-0.05, 0) is 23.8 Å². The molecule has 0 amide bonds. The van der Waals surface area contributed by atoms with E-state index in [2.05, 4.69) is 14.9 Å². The molecule has 124 valence electrons. The maximum atomic E-state index is 13.3. The van der Waals surface area contributed by atoms with E-state index in [9.17, 15) is 12.8 Å². The summed E-state index contributed by atoms with van der Waals surface area (Å²) in [6.07, 6.45) is 3.03. The lowest BCUT2D eigenvalue weighted by Gasteiger charge is -2.19. The van der Waals surface area contributed by atoms with Gasteiger partial charge < -0.3 is 0 Å². The van der Waals surface area contributed by atoms with Gasteiger partial charge in [0.15, 0.2) is 0 Å². The van der Waals surface area contributed by atoms with E-state index >= 15 is 0 Å². The number of aromatic nitrogens is 3. The summed E-state index contributed by atoms with van der Waals surface area (Å²) < 4.78 is 41.1. The van der Waals surface area contributed by atoms with Crippen LogP contribution in [-0.4, -0.2) is 23.4 Å². The summed E-state index contributed by atoms with van der Waals surface area (Å²) in [7, 11) is -3.89. The number of nitrogens with one attached hydrogen (secondary N) is 1. The molecule has 0 radical (unpaired) electrons. The average molecular weight is 346 g/mol.